The van der Waals surface area contributed by atoms with Crippen molar-refractivity contribution in [3.8, 4) is 0 Å². The van der Waals surface area contributed by atoms with Gasteiger partial charge in [0.05, 0.1) is 5.69 Å². The first-order valence-electron chi connectivity index (χ1n) is 6.99. The molecule has 0 radical (unpaired) electrons. The van der Waals surface area contributed by atoms with Crippen molar-refractivity contribution in [2.45, 2.75) is 6.54 Å². The molecule has 0 spiro atoms. The lowest BCUT2D eigenvalue weighted by atomic mass is 10.2. The summed E-state index contributed by atoms with van der Waals surface area (Å²) in [5, 5.41) is 5.67. The van der Waals surface area contributed by atoms with Gasteiger partial charge in [0.1, 0.15) is 18.0 Å². The molecule has 2 aromatic heterocycles. The summed E-state index contributed by atoms with van der Waals surface area (Å²) in [6.45, 7) is 0.512. The first-order chi connectivity index (χ1) is 11.6. The molecule has 0 fully saturated rings. The standard InChI is InChI=1S/C16H12F3N5/c17-11-1-2-12(16(19)15(11)18)24-14-7-13(22-9-23-14)21-8-10-3-5-20-6-4-10/h1-7,9H,8H2,(H2,21,22,23,24). The van der Waals surface area contributed by atoms with E-state index in [2.05, 4.69) is 25.6 Å². The summed E-state index contributed by atoms with van der Waals surface area (Å²) in [6, 6.07) is 7.17. The lowest BCUT2D eigenvalue weighted by Crippen LogP contribution is -2.04. The average molecular weight is 331 g/mol. The van der Waals surface area contributed by atoms with Crippen LogP contribution in [-0.2, 0) is 6.54 Å². The van der Waals surface area contributed by atoms with Crippen molar-refractivity contribution in [2.75, 3.05) is 10.6 Å². The Bertz CT molecular complexity index is 842. The van der Waals surface area contributed by atoms with Crippen molar-refractivity contribution in [3.63, 3.8) is 0 Å². The number of benzene rings is 1. The largest absolute Gasteiger partial charge is 0.366 e. The number of anilines is 3. The van der Waals surface area contributed by atoms with Gasteiger partial charge in [0.2, 0.25) is 0 Å². The van der Waals surface area contributed by atoms with Crippen molar-refractivity contribution in [2.24, 2.45) is 0 Å². The van der Waals surface area contributed by atoms with E-state index in [1.54, 1.807) is 12.4 Å². The molecule has 2 heterocycles. The summed E-state index contributed by atoms with van der Waals surface area (Å²) in [5.41, 5.74) is 0.789. The second-order valence-electron chi connectivity index (χ2n) is 4.85. The monoisotopic (exact) mass is 331 g/mol. The Kier molecular flexibility index (Phi) is 4.55. The molecule has 122 valence electrons. The number of hydrogen-bond acceptors (Lipinski definition) is 5. The van der Waals surface area contributed by atoms with E-state index in [1.807, 2.05) is 12.1 Å². The Hall–Kier alpha value is -3.16. The summed E-state index contributed by atoms with van der Waals surface area (Å²) < 4.78 is 39.9. The number of pyridine rings is 1. The van der Waals surface area contributed by atoms with Crippen LogP contribution in [0.3, 0.4) is 0 Å². The molecule has 3 rings (SSSR count). The molecule has 3 aromatic rings. The van der Waals surface area contributed by atoms with Crippen LogP contribution < -0.4 is 10.6 Å². The van der Waals surface area contributed by atoms with Gasteiger partial charge in [-0.3, -0.25) is 4.98 Å². The van der Waals surface area contributed by atoms with Gasteiger partial charge in [-0.1, -0.05) is 0 Å². The zero-order chi connectivity index (χ0) is 16.9. The molecular formula is C16H12F3N5. The topological polar surface area (TPSA) is 62.7 Å². The number of aromatic nitrogens is 3. The summed E-state index contributed by atoms with van der Waals surface area (Å²) in [7, 11) is 0. The summed E-state index contributed by atoms with van der Waals surface area (Å²) >= 11 is 0. The number of halogens is 3. The molecule has 0 atom stereocenters. The maximum atomic E-state index is 13.7. The Morgan fingerprint density at radius 1 is 0.875 bits per heavy atom. The van der Waals surface area contributed by atoms with E-state index in [9.17, 15) is 13.2 Å². The van der Waals surface area contributed by atoms with Crippen LogP contribution in [-0.4, -0.2) is 15.0 Å². The zero-order valence-corrected chi connectivity index (χ0v) is 12.3. The molecule has 8 heteroatoms. The zero-order valence-electron chi connectivity index (χ0n) is 12.3. The molecule has 24 heavy (non-hydrogen) atoms. The van der Waals surface area contributed by atoms with Gasteiger partial charge in [-0.25, -0.2) is 23.1 Å². The fraction of sp³-hybridized carbons (Fsp3) is 0.0625. The third kappa shape index (κ3) is 3.60. The number of hydrogen-bond donors (Lipinski definition) is 2. The Morgan fingerprint density at radius 2 is 1.62 bits per heavy atom. The van der Waals surface area contributed by atoms with Gasteiger partial charge in [-0.2, -0.15) is 0 Å². The Labute approximate surface area is 135 Å². The molecule has 0 aliphatic carbocycles. The molecule has 0 amide bonds. The fourth-order valence-corrected chi connectivity index (χ4v) is 1.98. The maximum absolute atomic E-state index is 13.7. The molecule has 1 aromatic carbocycles. The van der Waals surface area contributed by atoms with Gasteiger partial charge < -0.3 is 10.6 Å². The highest BCUT2D eigenvalue weighted by atomic mass is 19.2. The highest BCUT2D eigenvalue weighted by molar-refractivity contribution is 5.59. The Morgan fingerprint density at radius 3 is 2.42 bits per heavy atom. The highest BCUT2D eigenvalue weighted by Crippen LogP contribution is 2.23. The minimum Gasteiger partial charge on any atom is -0.366 e. The van der Waals surface area contributed by atoms with Gasteiger partial charge in [-0.15, -0.1) is 0 Å². The van der Waals surface area contributed by atoms with E-state index in [0.717, 1.165) is 17.7 Å². The first kappa shape index (κ1) is 15.7. The minimum atomic E-state index is -1.54. The smallest absolute Gasteiger partial charge is 0.196 e. The van der Waals surface area contributed by atoms with Crippen LogP contribution in [0.5, 0.6) is 0 Å². The van der Waals surface area contributed by atoms with E-state index in [4.69, 9.17) is 0 Å². The molecule has 0 saturated carbocycles. The summed E-state index contributed by atoms with van der Waals surface area (Å²) in [5.74, 6) is -3.36. The lowest BCUT2D eigenvalue weighted by molar-refractivity contribution is 0.449. The number of nitrogens with zero attached hydrogens (tertiary/aromatic N) is 3. The molecule has 0 unspecified atom stereocenters. The Balaban J connectivity index is 1.73. The van der Waals surface area contributed by atoms with Crippen molar-refractivity contribution in [1.82, 2.24) is 15.0 Å². The molecule has 0 saturated heterocycles. The molecule has 0 aliphatic rings. The van der Waals surface area contributed by atoms with Crippen LogP contribution in [0.2, 0.25) is 0 Å². The van der Waals surface area contributed by atoms with Crippen LogP contribution >= 0.6 is 0 Å². The van der Waals surface area contributed by atoms with E-state index < -0.39 is 17.5 Å². The molecule has 0 aliphatic heterocycles. The third-order valence-electron chi connectivity index (χ3n) is 3.19. The molecule has 5 nitrogen and oxygen atoms in total. The van der Waals surface area contributed by atoms with Crippen molar-refractivity contribution < 1.29 is 13.2 Å². The normalized spacial score (nSPS) is 10.5. The van der Waals surface area contributed by atoms with Crippen LogP contribution in [0.4, 0.5) is 30.5 Å². The minimum absolute atomic E-state index is 0.215. The van der Waals surface area contributed by atoms with Gasteiger partial charge in [0.15, 0.2) is 17.5 Å². The SMILES string of the molecule is Fc1ccc(Nc2cc(NCc3ccncc3)ncn2)c(F)c1F. The van der Waals surface area contributed by atoms with Crippen LogP contribution in [0, 0.1) is 17.5 Å². The average Bonchev–Trinajstić information content (AvgIpc) is 2.62. The summed E-state index contributed by atoms with van der Waals surface area (Å²) in [6.07, 6.45) is 4.63. The van der Waals surface area contributed by atoms with Gasteiger partial charge in [0, 0.05) is 25.0 Å². The predicted molar refractivity (Wildman–Crippen MR) is 83.2 cm³/mol. The molecule has 2 N–H and O–H groups in total. The van der Waals surface area contributed by atoms with Crippen LogP contribution in [0.15, 0.2) is 49.1 Å². The van der Waals surface area contributed by atoms with Crippen LogP contribution in [0.1, 0.15) is 5.56 Å². The quantitative estimate of drug-likeness (QED) is 0.699. The van der Waals surface area contributed by atoms with E-state index in [0.29, 0.717) is 12.4 Å². The third-order valence-corrected chi connectivity index (χ3v) is 3.19. The highest BCUT2D eigenvalue weighted by Gasteiger charge is 2.13. The van der Waals surface area contributed by atoms with Crippen molar-refractivity contribution >= 4 is 17.3 Å². The maximum Gasteiger partial charge on any atom is 0.196 e. The van der Waals surface area contributed by atoms with Gasteiger partial charge >= 0.3 is 0 Å². The molecule has 0 bridgehead atoms. The summed E-state index contributed by atoms with van der Waals surface area (Å²) in [4.78, 5) is 11.9. The van der Waals surface area contributed by atoms with E-state index in [-0.39, 0.29) is 11.5 Å². The number of nitrogens with one attached hydrogen (secondary N) is 2. The number of rotatable bonds is 5. The molecular weight excluding hydrogens is 319 g/mol. The second kappa shape index (κ2) is 6.95. The first-order valence-corrected chi connectivity index (χ1v) is 6.99. The second-order valence-corrected chi connectivity index (χ2v) is 4.85. The lowest BCUT2D eigenvalue weighted by Gasteiger charge is -2.10. The van der Waals surface area contributed by atoms with Gasteiger partial charge in [0.25, 0.3) is 0 Å². The van der Waals surface area contributed by atoms with E-state index >= 15 is 0 Å². The fourth-order valence-electron chi connectivity index (χ4n) is 1.98. The van der Waals surface area contributed by atoms with Crippen LogP contribution in [0.25, 0.3) is 0 Å². The van der Waals surface area contributed by atoms with E-state index in [1.165, 1.54) is 12.4 Å². The van der Waals surface area contributed by atoms with Gasteiger partial charge in [-0.05, 0) is 29.8 Å². The predicted octanol–water partition coefficient (Wildman–Crippen LogP) is 3.64. The van der Waals surface area contributed by atoms with Crippen molar-refractivity contribution in [3.05, 3.63) is 72.1 Å². The van der Waals surface area contributed by atoms with Crippen molar-refractivity contribution in [1.29, 1.82) is 0 Å².